The van der Waals surface area contributed by atoms with Gasteiger partial charge in [-0.2, -0.15) is 13.2 Å². The predicted molar refractivity (Wildman–Crippen MR) is 141 cm³/mol. The number of amides is 3. The molecule has 0 aliphatic carbocycles. The molecule has 206 valence electrons. The highest BCUT2D eigenvalue weighted by molar-refractivity contribution is 6.06. The first kappa shape index (κ1) is 26.7. The number of benzene rings is 3. The Kier molecular flexibility index (Phi) is 7.16. The van der Waals surface area contributed by atoms with Gasteiger partial charge in [-0.1, -0.05) is 12.1 Å². The average molecular weight is 552 g/mol. The lowest BCUT2D eigenvalue weighted by atomic mass is 10.1. The van der Waals surface area contributed by atoms with Crippen LogP contribution in [0.4, 0.5) is 24.8 Å². The van der Waals surface area contributed by atoms with Gasteiger partial charge in [-0.05, 0) is 73.0 Å². The van der Waals surface area contributed by atoms with Gasteiger partial charge < -0.3 is 20.3 Å². The normalized spacial score (nSPS) is 15.6. The minimum atomic E-state index is -4.48. The summed E-state index contributed by atoms with van der Waals surface area (Å²) < 4.78 is 40.4. The molecule has 3 amide bonds. The summed E-state index contributed by atoms with van der Waals surface area (Å²) in [4.78, 5) is 41.4. The van der Waals surface area contributed by atoms with Gasteiger partial charge in [0.2, 0.25) is 17.8 Å². The first-order valence-corrected chi connectivity index (χ1v) is 12.4. The summed E-state index contributed by atoms with van der Waals surface area (Å²) >= 11 is 0. The standard InChI is InChI=1S/C28H24F3N5O4/c29-28(30,31)18-4-6-19(7-5-18)32-25(39)17-3-11-23-22(15-17)34-27(33-21-10-12-24(38)35-26(21)40)36(23)14-13-16-1-8-20(37)9-2-16/h1-9,11,15,21,37H,10,12-14H2,(H,32,39)(H,33,34)(H,35,38,40). The maximum Gasteiger partial charge on any atom is 0.416 e. The van der Waals surface area contributed by atoms with Crippen LogP contribution >= 0.6 is 0 Å². The number of phenolic OH excluding ortho intramolecular Hbond substituents is 1. The average Bonchev–Trinajstić information content (AvgIpc) is 3.26. The molecule has 1 aliphatic rings. The van der Waals surface area contributed by atoms with E-state index < -0.39 is 29.6 Å². The number of phenols is 1. The molecule has 3 aromatic carbocycles. The smallest absolute Gasteiger partial charge is 0.416 e. The number of imide groups is 1. The van der Waals surface area contributed by atoms with E-state index >= 15 is 0 Å². The number of carbonyl (C=O) groups excluding carboxylic acids is 3. The van der Waals surface area contributed by atoms with E-state index in [0.29, 0.717) is 36.4 Å². The van der Waals surface area contributed by atoms with Crippen LogP contribution in [0.25, 0.3) is 11.0 Å². The van der Waals surface area contributed by atoms with Gasteiger partial charge in [0, 0.05) is 24.2 Å². The summed E-state index contributed by atoms with van der Waals surface area (Å²) in [6.45, 7) is 0.452. The lowest BCUT2D eigenvalue weighted by Crippen LogP contribution is -2.47. The van der Waals surface area contributed by atoms with E-state index in [9.17, 15) is 32.7 Å². The number of piperidine rings is 1. The highest BCUT2D eigenvalue weighted by Crippen LogP contribution is 2.30. The van der Waals surface area contributed by atoms with Crippen LogP contribution in [0.3, 0.4) is 0 Å². The number of aromatic nitrogens is 2. The van der Waals surface area contributed by atoms with Crippen LogP contribution in [0, 0.1) is 0 Å². The molecule has 1 aliphatic heterocycles. The van der Waals surface area contributed by atoms with Crippen LogP contribution in [-0.4, -0.2) is 38.4 Å². The molecule has 0 bridgehead atoms. The number of hydrogen-bond donors (Lipinski definition) is 4. The Morgan fingerprint density at radius 1 is 1.05 bits per heavy atom. The highest BCUT2D eigenvalue weighted by Gasteiger charge is 2.30. The zero-order valence-corrected chi connectivity index (χ0v) is 21.0. The molecule has 5 rings (SSSR count). The van der Waals surface area contributed by atoms with Crippen LogP contribution in [0.2, 0.25) is 0 Å². The van der Waals surface area contributed by atoms with Crippen LogP contribution in [-0.2, 0) is 28.7 Å². The second-order valence-electron chi connectivity index (χ2n) is 9.38. The number of nitrogens with one attached hydrogen (secondary N) is 3. The largest absolute Gasteiger partial charge is 0.508 e. The lowest BCUT2D eigenvalue weighted by molar-refractivity contribution is -0.137. The van der Waals surface area contributed by atoms with Crippen molar-refractivity contribution in [2.45, 2.75) is 38.0 Å². The van der Waals surface area contributed by atoms with Crippen LogP contribution in [0.15, 0.2) is 66.7 Å². The van der Waals surface area contributed by atoms with E-state index in [-0.39, 0.29) is 29.3 Å². The zero-order chi connectivity index (χ0) is 28.4. The predicted octanol–water partition coefficient (Wildman–Crippen LogP) is 4.47. The minimum absolute atomic E-state index is 0.152. The van der Waals surface area contributed by atoms with E-state index in [0.717, 1.165) is 17.7 Å². The summed E-state index contributed by atoms with van der Waals surface area (Å²) in [5, 5.41) is 17.6. The zero-order valence-electron chi connectivity index (χ0n) is 21.0. The van der Waals surface area contributed by atoms with E-state index in [2.05, 4.69) is 20.9 Å². The fraction of sp³-hybridized carbons (Fsp3) is 0.214. The molecule has 9 nitrogen and oxygen atoms in total. The van der Waals surface area contributed by atoms with Gasteiger partial charge in [0.1, 0.15) is 11.8 Å². The van der Waals surface area contributed by atoms with Crippen molar-refractivity contribution in [1.29, 1.82) is 0 Å². The first-order valence-electron chi connectivity index (χ1n) is 12.4. The van der Waals surface area contributed by atoms with Crippen molar-refractivity contribution in [1.82, 2.24) is 14.9 Å². The van der Waals surface area contributed by atoms with Gasteiger partial charge in [-0.15, -0.1) is 0 Å². The Balaban J connectivity index is 1.41. The number of aromatic hydroxyl groups is 1. The SMILES string of the molecule is O=C1CCC(Nc2nc3cc(C(=O)Nc4ccc(C(F)(F)F)cc4)ccc3n2CCc2ccc(O)cc2)C(=O)N1. The first-order chi connectivity index (χ1) is 19.1. The summed E-state index contributed by atoms with van der Waals surface area (Å²) in [5.74, 6) is -0.791. The number of nitrogens with zero attached hydrogens (tertiary/aromatic N) is 2. The number of halogens is 3. The number of fused-ring (bicyclic) bond motifs is 1. The molecule has 1 aromatic heterocycles. The third kappa shape index (κ3) is 5.90. The second-order valence-corrected chi connectivity index (χ2v) is 9.38. The van der Waals surface area contributed by atoms with Crippen molar-refractivity contribution in [3.05, 3.63) is 83.4 Å². The Morgan fingerprint density at radius 3 is 2.45 bits per heavy atom. The molecule has 0 spiro atoms. The fourth-order valence-corrected chi connectivity index (χ4v) is 4.44. The molecule has 4 N–H and O–H groups in total. The molecule has 0 saturated carbocycles. The van der Waals surface area contributed by atoms with Gasteiger partial charge in [-0.3, -0.25) is 19.7 Å². The molecular weight excluding hydrogens is 527 g/mol. The molecule has 0 radical (unpaired) electrons. The number of carbonyl (C=O) groups is 3. The van der Waals surface area contributed by atoms with Crippen LogP contribution < -0.4 is 16.0 Å². The maximum atomic E-state index is 12.9. The van der Waals surface area contributed by atoms with Crippen molar-refractivity contribution in [3.8, 4) is 5.75 Å². The molecule has 1 atom stereocenters. The Bertz CT molecular complexity index is 1580. The molecule has 12 heteroatoms. The van der Waals surface area contributed by atoms with Crippen LogP contribution in [0.1, 0.15) is 34.3 Å². The van der Waals surface area contributed by atoms with Gasteiger partial charge >= 0.3 is 6.18 Å². The van der Waals surface area contributed by atoms with Crippen molar-refractivity contribution in [2.24, 2.45) is 0 Å². The number of alkyl halides is 3. The number of hydrogen-bond acceptors (Lipinski definition) is 6. The molecule has 1 saturated heterocycles. The van der Waals surface area contributed by atoms with Gasteiger partial charge in [0.05, 0.1) is 16.6 Å². The number of rotatable bonds is 7. The fourth-order valence-electron chi connectivity index (χ4n) is 4.44. The number of anilines is 2. The second kappa shape index (κ2) is 10.7. The molecule has 1 fully saturated rings. The van der Waals surface area contributed by atoms with Crippen molar-refractivity contribution in [2.75, 3.05) is 10.6 Å². The number of aryl methyl sites for hydroxylation is 2. The minimum Gasteiger partial charge on any atom is -0.508 e. The molecule has 4 aromatic rings. The summed E-state index contributed by atoms with van der Waals surface area (Å²) in [7, 11) is 0. The van der Waals surface area contributed by atoms with Crippen LogP contribution in [0.5, 0.6) is 5.75 Å². The maximum absolute atomic E-state index is 12.9. The quantitative estimate of drug-likeness (QED) is 0.251. The molecule has 2 heterocycles. The Hall–Kier alpha value is -4.87. The van der Waals surface area contributed by atoms with Crippen molar-refractivity contribution < 1.29 is 32.7 Å². The molecular formula is C28H24F3N5O4. The number of imidazole rings is 1. The van der Waals surface area contributed by atoms with Crippen molar-refractivity contribution >= 4 is 40.4 Å². The third-order valence-corrected chi connectivity index (χ3v) is 6.58. The Labute approximate surface area is 226 Å². The lowest BCUT2D eigenvalue weighted by Gasteiger charge is -2.22. The van der Waals surface area contributed by atoms with E-state index in [1.807, 2.05) is 4.57 Å². The van der Waals surface area contributed by atoms with E-state index in [4.69, 9.17) is 0 Å². The van der Waals surface area contributed by atoms with Crippen molar-refractivity contribution in [3.63, 3.8) is 0 Å². The topological polar surface area (TPSA) is 125 Å². The third-order valence-electron chi connectivity index (χ3n) is 6.58. The Morgan fingerprint density at radius 2 is 1.77 bits per heavy atom. The molecule has 1 unspecified atom stereocenters. The monoisotopic (exact) mass is 551 g/mol. The van der Waals surface area contributed by atoms with Gasteiger partial charge in [-0.25, -0.2) is 4.98 Å². The van der Waals surface area contributed by atoms with E-state index in [1.54, 1.807) is 42.5 Å². The summed E-state index contributed by atoms with van der Waals surface area (Å²) in [6, 6.07) is 15.1. The van der Waals surface area contributed by atoms with Gasteiger partial charge in [0.15, 0.2) is 0 Å². The summed E-state index contributed by atoms with van der Waals surface area (Å²) in [5.41, 5.74) is 1.72. The van der Waals surface area contributed by atoms with Gasteiger partial charge in [0.25, 0.3) is 5.91 Å². The van der Waals surface area contributed by atoms with E-state index in [1.165, 1.54) is 12.1 Å². The summed E-state index contributed by atoms with van der Waals surface area (Å²) in [6.07, 6.45) is -3.42. The highest BCUT2D eigenvalue weighted by atomic mass is 19.4. The molecule has 40 heavy (non-hydrogen) atoms.